The average molecular weight is 828 g/mol. The molecule has 0 aliphatic carbocycles. The monoisotopic (exact) mass is 828 g/mol. The van der Waals surface area contributed by atoms with E-state index in [0.29, 0.717) is 13.0 Å². The van der Waals surface area contributed by atoms with E-state index in [2.05, 4.69) is 38.2 Å². The molecule has 0 radical (unpaired) electrons. The number of nitrogens with two attached hydrogens (primary N) is 1. The van der Waals surface area contributed by atoms with Crippen molar-refractivity contribution in [3.8, 4) is 0 Å². The summed E-state index contributed by atoms with van der Waals surface area (Å²) in [6, 6.07) is 0. The first-order valence-corrected chi connectivity index (χ1v) is 25.8. The summed E-state index contributed by atoms with van der Waals surface area (Å²) in [5.41, 5.74) is 5.38. The van der Waals surface area contributed by atoms with Crippen LogP contribution in [0.15, 0.2) is 24.3 Å². The fraction of sp³-hybridized carbons (Fsp3) is 0.896. The van der Waals surface area contributed by atoms with Crippen molar-refractivity contribution in [2.75, 3.05) is 33.0 Å². The minimum absolute atomic E-state index is 0.0949. The molecule has 57 heavy (non-hydrogen) atoms. The number of esters is 1. The zero-order chi connectivity index (χ0) is 41.6. The summed E-state index contributed by atoms with van der Waals surface area (Å²) < 4.78 is 33.5. The maximum atomic E-state index is 12.6. The second kappa shape index (κ2) is 46.1. The lowest BCUT2D eigenvalue weighted by Gasteiger charge is -2.20. The van der Waals surface area contributed by atoms with Gasteiger partial charge in [-0.3, -0.25) is 13.8 Å². The van der Waals surface area contributed by atoms with Crippen LogP contribution in [0.25, 0.3) is 0 Å². The SMILES string of the molecule is CCCCC/C=C\C/C=C\CCCCCCCCCC(=O)OC(COCCCCCCCCCCCCCCCCCCCCCCC)COP(=O)(O)OCCN. The number of carbonyl (C=O) groups is 1. The molecule has 2 unspecified atom stereocenters. The van der Waals surface area contributed by atoms with Gasteiger partial charge in [0.2, 0.25) is 0 Å². The van der Waals surface area contributed by atoms with Gasteiger partial charge in [0, 0.05) is 19.6 Å². The van der Waals surface area contributed by atoms with Gasteiger partial charge >= 0.3 is 13.8 Å². The first kappa shape index (κ1) is 56.0. The van der Waals surface area contributed by atoms with E-state index in [1.54, 1.807) is 0 Å². The van der Waals surface area contributed by atoms with Gasteiger partial charge in [-0.05, 0) is 44.9 Å². The number of rotatable bonds is 47. The van der Waals surface area contributed by atoms with E-state index < -0.39 is 13.9 Å². The highest BCUT2D eigenvalue weighted by molar-refractivity contribution is 7.47. The lowest BCUT2D eigenvalue weighted by molar-refractivity contribution is -0.154. The molecule has 8 nitrogen and oxygen atoms in total. The fourth-order valence-corrected chi connectivity index (χ4v) is 7.79. The van der Waals surface area contributed by atoms with Crippen molar-refractivity contribution in [3.05, 3.63) is 24.3 Å². The van der Waals surface area contributed by atoms with Gasteiger partial charge in [-0.25, -0.2) is 4.57 Å². The van der Waals surface area contributed by atoms with Crippen LogP contribution >= 0.6 is 7.82 Å². The Morgan fingerprint density at radius 1 is 0.526 bits per heavy atom. The van der Waals surface area contributed by atoms with Crippen LogP contribution in [0.4, 0.5) is 0 Å². The molecular weight excluding hydrogens is 734 g/mol. The molecule has 0 spiro atoms. The van der Waals surface area contributed by atoms with Crippen LogP contribution < -0.4 is 5.73 Å². The standard InChI is InChI=1S/C48H94NO7P/c1-3-5-7-9-11-13-15-17-19-21-22-23-24-26-28-30-32-34-36-38-40-43-53-45-47(46-55-57(51,52)54-44-42-49)56-48(50)41-39-37-35-33-31-29-27-25-20-18-16-14-12-10-8-6-4-2/h12,14,18,20,47H,3-11,13,15-17,19,21-46,49H2,1-2H3,(H,51,52)/b14-12-,20-18-. The highest BCUT2D eigenvalue weighted by Gasteiger charge is 2.25. The normalized spacial score (nSPS) is 13.5. The Morgan fingerprint density at radius 2 is 0.930 bits per heavy atom. The van der Waals surface area contributed by atoms with Gasteiger partial charge < -0.3 is 20.1 Å². The van der Waals surface area contributed by atoms with Gasteiger partial charge in [-0.15, -0.1) is 0 Å². The lowest BCUT2D eigenvalue weighted by Crippen LogP contribution is -2.28. The van der Waals surface area contributed by atoms with Gasteiger partial charge in [0.15, 0.2) is 0 Å². The minimum atomic E-state index is -4.28. The van der Waals surface area contributed by atoms with Gasteiger partial charge in [0.25, 0.3) is 0 Å². The summed E-state index contributed by atoms with van der Waals surface area (Å²) in [5.74, 6) is -0.334. The number of carbonyl (C=O) groups excluding carboxylic acids is 1. The van der Waals surface area contributed by atoms with E-state index in [9.17, 15) is 14.3 Å². The molecule has 0 aromatic heterocycles. The fourth-order valence-electron chi connectivity index (χ4n) is 7.03. The Balaban J connectivity index is 3.93. The van der Waals surface area contributed by atoms with Crippen molar-refractivity contribution < 1.29 is 32.8 Å². The van der Waals surface area contributed by atoms with Crippen molar-refractivity contribution in [1.82, 2.24) is 0 Å². The molecule has 0 aliphatic rings. The van der Waals surface area contributed by atoms with E-state index >= 15 is 0 Å². The van der Waals surface area contributed by atoms with Crippen molar-refractivity contribution >= 4 is 13.8 Å². The quantitative estimate of drug-likeness (QED) is 0.0270. The largest absolute Gasteiger partial charge is 0.472 e. The van der Waals surface area contributed by atoms with Crippen molar-refractivity contribution in [3.63, 3.8) is 0 Å². The Bertz CT molecular complexity index is 930. The molecule has 0 aromatic rings. The van der Waals surface area contributed by atoms with Crippen molar-refractivity contribution in [1.29, 1.82) is 0 Å². The molecule has 0 heterocycles. The highest BCUT2D eigenvalue weighted by Crippen LogP contribution is 2.43. The molecule has 2 atom stereocenters. The Kier molecular flexibility index (Phi) is 45.2. The summed E-state index contributed by atoms with van der Waals surface area (Å²) >= 11 is 0. The van der Waals surface area contributed by atoms with Crippen LogP contribution in [0.2, 0.25) is 0 Å². The Labute approximate surface area is 353 Å². The van der Waals surface area contributed by atoms with Crippen LogP contribution in [-0.4, -0.2) is 49.9 Å². The highest BCUT2D eigenvalue weighted by atomic mass is 31.2. The molecule has 9 heteroatoms. The number of hydrogen-bond acceptors (Lipinski definition) is 7. The third-order valence-electron chi connectivity index (χ3n) is 10.6. The number of allylic oxidation sites excluding steroid dienone is 4. The van der Waals surface area contributed by atoms with Crippen LogP contribution in [0.1, 0.15) is 239 Å². The van der Waals surface area contributed by atoms with Crippen LogP contribution in [0.5, 0.6) is 0 Å². The molecule has 0 saturated heterocycles. The smallest absolute Gasteiger partial charge is 0.457 e. The number of phosphoric ester groups is 1. The Hall–Kier alpha value is -1.02. The second-order valence-electron chi connectivity index (χ2n) is 16.3. The van der Waals surface area contributed by atoms with E-state index in [0.717, 1.165) is 44.9 Å². The van der Waals surface area contributed by atoms with E-state index in [4.69, 9.17) is 24.3 Å². The first-order chi connectivity index (χ1) is 27.9. The van der Waals surface area contributed by atoms with Gasteiger partial charge in [-0.1, -0.05) is 212 Å². The molecule has 3 N–H and O–H groups in total. The van der Waals surface area contributed by atoms with Crippen LogP contribution in [-0.2, 0) is 27.9 Å². The van der Waals surface area contributed by atoms with E-state index in [-0.39, 0.29) is 32.3 Å². The molecule has 0 aromatic carbocycles. The molecule has 0 bridgehead atoms. The van der Waals surface area contributed by atoms with Crippen LogP contribution in [0, 0.1) is 0 Å². The minimum Gasteiger partial charge on any atom is -0.457 e. The van der Waals surface area contributed by atoms with E-state index in [1.165, 1.54) is 173 Å². The first-order valence-electron chi connectivity index (χ1n) is 24.3. The molecule has 0 saturated carbocycles. The third-order valence-corrected chi connectivity index (χ3v) is 11.6. The van der Waals surface area contributed by atoms with E-state index in [1.807, 2.05) is 0 Å². The predicted molar refractivity (Wildman–Crippen MR) is 243 cm³/mol. The maximum Gasteiger partial charge on any atom is 0.472 e. The summed E-state index contributed by atoms with van der Waals surface area (Å²) in [4.78, 5) is 22.5. The van der Waals surface area contributed by atoms with Gasteiger partial charge in [-0.2, -0.15) is 0 Å². The molecule has 338 valence electrons. The van der Waals surface area contributed by atoms with Crippen molar-refractivity contribution in [2.45, 2.75) is 245 Å². The lowest BCUT2D eigenvalue weighted by atomic mass is 10.0. The zero-order valence-corrected chi connectivity index (χ0v) is 38.5. The summed E-state index contributed by atoms with van der Waals surface area (Å²) in [6.07, 6.45) is 52.0. The predicted octanol–water partition coefficient (Wildman–Crippen LogP) is 14.8. The Morgan fingerprint density at radius 3 is 1.40 bits per heavy atom. The maximum absolute atomic E-state index is 12.6. The average Bonchev–Trinajstić information content (AvgIpc) is 3.20. The summed E-state index contributed by atoms with van der Waals surface area (Å²) in [5, 5.41) is 0. The second-order valence-corrected chi connectivity index (χ2v) is 17.8. The zero-order valence-electron chi connectivity index (χ0n) is 37.6. The number of phosphoric acid groups is 1. The molecular formula is C48H94NO7P. The van der Waals surface area contributed by atoms with Crippen LogP contribution in [0.3, 0.4) is 0 Å². The van der Waals surface area contributed by atoms with Crippen molar-refractivity contribution in [2.24, 2.45) is 5.73 Å². The third kappa shape index (κ3) is 45.9. The van der Waals surface area contributed by atoms with Gasteiger partial charge in [0.05, 0.1) is 19.8 Å². The summed E-state index contributed by atoms with van der Waals surface area (Å²) in [7, 11) is -4.28. The molecule has 0 fully saturated rings. The molecule has 0 rings (SSSR count). The number of unbranched alkanes of at least 4 members (excludes halogenated alkanes) is 30. The summed E-state index contributed by atoms with van der Waals surface area (Å²) in [6.45, 7) is 4.94. The molecule has 0 amide bonds. The van der Waals surface area contributed by atoms with Gasteiger partial charge in [0.1, 0.15) is 6.10 Å². The number of hydrogen-bond donors (Lipinski definition) is 2. The number of ether oxygens (including phenoxy) is 2. The molecule has 0 aliphatic heterocycles. The topological polar surface area (TPSA) is 117 Å².